The lowest BCUT2D eigenvalue weighted by Gasteiger charge is -2.22. The van der Waals surface area contributed by atoms with Crippen LogP contribution in [0.1, 0.15) is 30.5 Å². The third kappa shape index (κ3) is 2.24. The summed E-state index contributed by atoms with van der Waals surface area (Å²) in [5.74, 6) is 0. The molecule has 1 unspecified atom stereocenters. The van der Waals surface area contributed by atoms with Gasteiger partial charge in [0.1, 0.15) is 5.60 Å². The van der Waals surface area contributed by atoms with Gasteiger partial charge < -0.3 is 5.11 Å². The molecule has 0 bridgehead atoms. The molecule has 1 N–H and O–H groups in total. The summed E-state index contributed by atoms with van der Waals surface area (Å²) in [6.07, 6.45) is 3.61. The Balaban J connectivity index is 2.37. The molecular formula is C14H18N2O. The van der Waals surface area contributed by atoms with Crippen molar-refractivity contribution in [2.24, 2.45) is 0 Å². The molecule has 0 aliphatic rings. The minimum absolute atomic E-state index is 0.810. The van der Waals surface area contributed by atoms with Crippen LogP contribution < -0.4 is 0 Å². The molecule has 3 nitrogen and oxygen atoms in total. The topological polar surface area (TPSA) is 38.0 Å². The normalized spacial score (nSPS) is 14.6. The minimum Gasteiger partial charge on any atom is -0.381 e. The van der Waals surface area contributed by atoms with E-state index in [9.17, 15) is 5.11 Å². The summed E-state index contributed by atoms with van der Waals surface area (Å²) in [5, 5.41) is 14.8. The van der Waals surface area contributed by atoms with E-state index in [1.165, 1.54) is 5.56 Å². The van der Waals surface area contributed by atoms with Crippen molar-refractivity contribution in [3.05, 3.63) is 53.3 Å². The molecule has 0 saturated carbocycles. The van der Waals surface area contributed by atoms with Gasteiger partial charge in [-0.15, -0.1) is 0 Å². The molecule has 0 radical (unpaired) electrons. The highest BCUT2D eigenvalue weighted by atomic mass is 16.3. The molecule has 0 aliphatic heterocycles. The predicted octanol–water partition coefficient (Wildman–Crippen LogP) is 2.47. The maximum atomic E-state index is 10.6. The molecule has 1 aromatic carbocycles. The summed E-state index contributed by atoms with van der Waals surface area (Å²) in [6.45, 7) is 6.67. The van der Waals surface area contributed by atoms with E-state index in [1.54, 1.807) is 13.1 Å². The summed E-state index contributed by atoms with van der Waals surface area (Å²) in [6, 6.07) is 7.93. The lowest BCUT2D eigenvalue weighted by atomic mass is 9.90. The fourth-order valence-corrected chi connectivity index (χ4v) is 1.83. The van der Waals surface area contributed by atoms with E-state index in [-0.39, 0.29) is 0 Å². The Morgan fingerprint density at radius 3 is 2.41 bits per heavy atom. The van der Waals surface area contributed by atoms with Crippen LogP contribution >= 0.6 is 0 Å². The lowest BCUT2D eigenvalue weighted by Crippen LogP contribution is -2.22. The number of benzene rings is 1. The molecule has 1 heterocycles. The Morgan fingerprint density at radius 2 is 1.88 bits per heavy atom. The van der Waals surface area contributed by atoms with Crippen LogP contribution in [0.15, 0.2) is 36.7 Å². The van der Waals surface area contributed by atoms with Crippen LogP contribution in [0.4, 0.5) is 0 Å². The van der Waals surface area contributed by atoms with Gasteiger partial charge in [-0.3, -0.25) is 4.68 Å². The number of aromatic nitrogens is 2. The Labute approximate surface area is 102 Å². The van der Waals surface area contributed by atoms with E-state index in [1.807, 2.05) is 49.0 Å². The number of nitrogens with zero attached hydrogens (tertiary/aromatic N) is 2. The molecule has 2 rings (SSSR count). The Bertz CT molecular complexity index is 497. The van der Waals surface area contributed by atoms with Crippen molar-refractivity contribution < 1.29 is 5.11 Å². The standard InChI is InChI=1S/C14H18N2O/c1-4-16-10-13(9-15-16)14(3,17)12-7-5-11(2)6-8-12/h5-10,17H,4H2,1-3H3. The molecule has 2 aromatic rings. The molecule has 0 spiro atoms. The summed E-state index contributed by atoms with van der Waals surface area (Å²) in [4.78, 5) is 0. The summed E-state index contributed by atoms with van der Waals surface area (Å²) in [5.41, 5.74) is 1.91. The van der Waals surface area contributed by atoms with Crippen LogP contribution in [-0.4, -0.2) is 14.9 Å². The maximum Gasteiger partial charge on any atom is 0.115 e. The van der Waals surface area contributed by atoms with Crippen LogP contribution in [0.2, 0.25) is 0 Å². The van der Waals surface area contributed by atoms with Gasteiger partial charge in [0.25, 0.3) is 0 Å². The van der Waals surface area contributed by atoms with Gasteiger partial charge in [0.2, 0.25) is 0 Å². The van der Waals surface area contributed by atoms with E-state index in [4.69, 9.17) is 0 Å². The monoisotopic (exact) mass is 230 g/mol. The van der Waals surface area contributed by atoms with Crippen molar-refractivity contribution in [1.29, 1.82) is 0 Å². The molecule has 3 heteroatoms. The third-order valence-corrected chi connectivity index (χ3v) is 3.13. The first-order chi connectivity index (χ1) is 8.04. The summed E-state index contributed by atoms with van der Waals surface area (Å²) < 4.78 is 1.82. The van der Waals surface area contributed by atoms with Crippen LogP contribution in [0.3, 0.4) is 0 Å². The molecule has 0 aliphatic carbocycles. The molecule has 1 atom stereocenters. The van der Waals surface area contributed by atoms with E-state index >= 15 is 0 Å². The second kappa shape index (κ2) is 4.34. The van der Waals surface area contributed by atoms with Crippen molar-refractivity contribution in [3.8, 4) is 0 Å². The van der Waals surface area contributed by atoms with Crippen molar-refractivity contribution in [2.75, 3.05) is 0 Å². The third-order valence-electron chi connectivity index (χ3n) is 3.13. The Kier molecular flexibility index (Phi) is 3.03. The number of aryl methyl sites for hydroxylation is 2. The summed E-state index contributed by atoms with van der Waals surface area (Å²) in [7, 11) is 0. The average Bonchev–Trinajstić information content (AvgIpc) is 2.78. The fraction of sp³-hybridized carbons (Fsp3) is 0.357. The Hall–Kier alpha value is -1.61. The highest BCUT2D eigenvalue weighted by molar-refractivity contribution is 5.34. The van der Waals surface area contributed by atoms with Crippen molar-refractivity contribution >= 4 is 0 Å². The van der Waals surface area contributed by atoms with Crippen molar-refractivity contribution in [3.63, 3.8) is 0 Å². The largest absolute Gasteiger partial charge is 0.381 e. The SMILES string of the molecule is CCn1cc(C(C)(O)c2ccc(C)cc2)cn1. The first-order valence-electron chi connectivity index (χ1n) is 5.86. The second-order valence-electron chi connectivity index (χ2n) is 4.52. The van der Waals surface area contributed by atoms with Gasteiger partial charge in [-0.1, -0.05) is 29.8 Å². The number of rotatable bonds is 3. The quantitative estimate of drug-likeness (QED) is 0.879. The molecule has 1 aromatic heterocycles. The number of hydrogen-bond acceptors (Lipinski definition) is 2. The predicted molar refractivity (Wildman–Crippen MR) is 67.8 cm³/mol. The molecule has 90 valence electrons. The van der Waals surface area contributed by atoms with Crippen molar-refractivity contribution in [1.82, 2.24) is 9.78 Å². The van der Waals surface area contributed by atoms with Gasteiger partial charge in [-0.05, 0) is 26.3 Å². The smallest absolute Gasteiger partial charge is 0.115 e. The van der Waals surface area contributed by atoms with E-state index in [2.05, 4.69) is 5.10 Å². The van der Waals surface area contributed by atoms with Crippen LogP contribution in [0, 0.1) is 6.92 Å². The zero-order valence-corrected chi connectivity index (χ0v) is 10.5. The van der Waals surface area contributed by atoms with E-state index in [0.717, 1.165) is 17.7 Å². The molecule has 0 saturated heterocycles. The first kappa shape index (κ1) is 11.9. The van der Waals surface area contributed by atoms with Crippen molar-refractivity contribution in [2.45, 2.75) is 32.9 Å². The molecule has 0 amide bonds. The first-order valence-corrected chi connectivity index (χ1v) is 5.86. The fourth-order valence-electron chi connectivity index (χ4n) is 1.83. The molecule has 0 fully saturated rings. The van der Waals surface area contributed by atoms with Crippen LogP contribution in [-0.2, 0) is 12.1 Å². The Morgan fingerprint density at radius 1 is 1.24 bits per heavy atom. The highest BCUT2D eigenvalue weighted by Crippen LogP contribution is 2.28. The van der Waals surface area contributed by atoms with Gasteiger partial charge in [-0.25, -0.2) is 0 Å². The minimum atomic E-state index is -0.985. The lowest BCUT2D eigenvalue weighted by molar-refractivity contribution is 0.102. The zero-order valence-electron chi connectivity index (χ0n) is 10.5. The van der Waals surface area contributed by atoms with Crippen LogP contribution in [0.5, 0.6) is 0 Å². The van der Waals surface area contributed by atoms with E-state index in [0.29, 0.717) is 0 Å². The van der Waals surface area contributed by atoms with Gasteiger partial charge >= 0.3 is 0 Å². The summed E-state index contributed by atoms with van der Waals surface area (Å²) >= 11 is 0. The average molecular weight is 230 g/mol. The number of aliphatic hydroxyl groups is 1. The maximum absolute atomic E-state index is 10.6. The second-order valence-corrected chi connectivity index (χ2v) is 4.52. The van der Waals surface area contributed by atoms with Gasteiger partial charge in [0.15, 0.2) is 0 Å². The zero-order chi connectivity index (χ0) is 12.5. The van der Waals surface area contributed by atoms with E-state index < -0.39 is 5.60 Å². The number of hydrogen-bond donors (Lipinski definition) is 1. The highest BCUT2D eigenvalue weighted by Gasteiger charge is 2.26. The molecular weight excluding hydrogens is 212 g/mol. The van der Waals surface area contributed by atoms with Gasteiger partial charge in [0, 0.05) is 18.3 Å². The molecule has 17 heavy (non-hydrogen) atoms. The van der Waals surface area contributed by atoms with Gasteiger partial charge in [-0.2, -0.15) is 5.10 Å². The van der Waals surface area contributed by atoms with Crippen LogP contribution in [0.25, 0.3) is 0 Å². The van der Waals surface area contributed by atoms with Gasteiger partial charge in [0.05, 0.1) is 6.20 Å².